The molecule has 0 bridgehead atoms. The van der Waals surface area contributed by atoms with Crippen LogP contribution in [0.5, 0.6) is 5.75 Å². The molecular weight excluding hydrogens is 426 g/mol. The number of carbonyl (C=O) groups is 1. The summed E-state index contributed by atoms with van der Waals surface area (Å²) in [5.41, 5.74) is 1.86. The van der Waals surface area contributed by atoms with E-state index in [2.05, 4.69) is 42.8 Å². The molecule has 1 unspecified atom stereocenters. The van der Waals surface area contributed by atoms with Gasteiger partial charge in [0.1, 0.15) is 17.8 Å². The molecule has 3 aromatic rings. The van der Waals surface area contributed by atoms with Crippen LogP contribution in [-0.4, -0.2) is 32.5 Å². The minimum absolute atomic E-state index is 0.0350. The first-order valence-electron chi connectivity index (χ1n) is 11.3. The van der Waals surface area contributed by atoms with Gasteiger partial charge in [-0.2, -0.15) is 10.1 Å². The van der Waals surface area contributed by atoms with E-state index < -0.39 is 6.43 Å². The van der Waals surface area contributed by atoms with Gasteiger partial charge in [-0.1, -0.05) is 33.8 Å². The summed E-state index contributed by atoms with van der Waals surface area (Å²) >= 11 is 0. The summed E-state index contributed by atoms with van der Waals surface area (Å²) in [6.07, 6.45) is 0.716. The van der Waals surface area contributed by atoms with Crippen LogP contribution in [0.2, 0.25) is 0 Å². The van der Waals surface area contributed by atoms with E-state index >= 15 is 0 Å². The van der Waals surface area contributed by atoms with Gasteiger partial charge in [0.15, 0.2) is 5.78 Å². The van der Waals surface area contributed by atoms with Gasteiger partial charge < -0.3 is 4.74 Å². The minimum Gasteiger partial charge on any atom is -0.496 e. The number of ether oxygens (including phenoxy) is 1. The van der Waals surface area contributed by atoms with Crippen molar-refractivity contribution in [1.29, 1.82) is 0 Å². The molecule has 2 aromatic heterocycles. The summed E-state index contributed by atoms with van der Waals surface area (Å²) in [7, 11) is 1.57. The van der Waals surface area contributed by atoms with Gasteiger partial charge >= 0.3 is 0 Å². The Kier molecular flexibility index (Phi) is 6.20. The number of ketones is 1. The van der Waals surface area contributed by atoms with Gasteiger partial charge in [-0.05, 0) is 54.4 Å². The average molecular weight is 457 g/mol. The van der Waals surface area contributed by atoms with E-state index in [0.717, 1.165) is 18.4 Å². The van der Waals surface area contributed by atoms with Crippen molar-refractivity contribution in [3.8, 4) is 5.75 Å². The zero-order chi connectivity index (χ0) is 23.9. The summed E-state index contributed by atoms with van der Waals surface area (Å²) in [6.45, 7) is 8.41. The van der Waals surface area contributed by atoms with E-state index in [0.29, 0.717) is 23.4 Å². The number of alkyl halides is 2. The predicted molar refractivity (Wildman–Crippen MR) is 121 cm³/mol. The lowest BCUT2D eigenvalue weighted by atomic mass is 9.71. The summed E-state index contributed by atoms with van der Waals surface area (Å²) < 4.78 is 34.0. The molecule has 0 spiro atoms. The van der Waals surface area contributed by atoms with Crippen molar-refractivity contribution in [2.24, 2.45) is 11.8 Å². The number of aromatic nitrogens is 4. The number of carbonyl (C=O) groups excluding carboxylic acids is 1. The molecule has 8 heteroatoms. The maximum absolute atomic E-state index is 13.7. The van der Waals surface area contributed by atoms with Crippen LogP contribution in [0.3, 0.4) is 0 Å². The molecule has 1 fully saturated rings. The van der Waals surface area contributed by atoms with Crippen molar-refractivity contribution in [2.75, 3.05) is 7.11 Å². The standard InChI is InChI=1S/C25H30F2N4O2/c1-14-6-7-15(22(32)18-11-16(25(2,3)4)8-9-21(18)33-5)10-17(14)20-12-19(23(26)27)30-24-28-13-29-31(20)24/h8-9,11-15,17,23H,6-7,10H2,1-5H3/t14-,15?,17+/m0/s1. The van der Waals surface area contributed by atoms with Gasteiger partial charge in [0.25, 0.3) is 12.2 Å². The molecular formula is C25H30F2N4O2. The molecule has 1 aromatic carbocycles. The molecule has 0 amide bonds. The third-order valence-electron chi connectivity index (χ3n) is 6.80. The third-order valence-corrected chi connectivity index (χ3v) is 6.80. The molecule has 176 valence electrons. The second-order valence-electron chi connectivity index (χ2n) is 10.0. The number of hydrogen-bond acceptors (Lipinski definition) is 5. The SMILES string of the molecule is COc1ccc(C(C)(C)C)cc1C(=O)C1CC[C@H](C)[C@H](c2cc(C(F)F)nc3ncnn23)C1. The Morgan fingerprint density at radius 3 is 2.64 bits per heavy atom. The monoisotopic (exact) mass is 456 g/mol. The van der Waals surface area contributed by atoms with Crippen molar-refractivity contribution >= 4 is 11.6 Å². The molecule has 1 saturated carbocycles. The van der Waals surface area contributed by atoms with Crippen molar-refractivity contribution in [3.05, 3.63) is 53.1 Å². The largest absolute Gasteiger partial charge is 0.496 e. The topological polar surface area (TPSA) is 69.4 Å². The fourth-order valence-corrected chi connectivity index (χ4v) is 4.79. The molecule has 0 saturated heterocycles. The maximum Gasteiger partial charge on any atom is 0.280 e. The van der Waals surface area contributed by atoms with Crippen molar-refractivity contribution in [2.45, 2.75) is 64.7 Å². The Hall–Kier alpha value is -2.90. The lowest BCUT2D eigenvalue weighted by molar-refractivity contribution is 0.0855. The van der Waals surface area contributed by atoms with Crippen LogP contribution < -0.4 is 4.74 Å². The van der Waals surface area contributed by atoms with E-state index in [1.165, 1.54) is 16.9 Å². The number of halogens is 2. The Labute approximate surface area is 192 Å². The molecule has 2 heterocycles. The zero-order valence-electron chi connectivity index (χ0n) is 19.7. The van der Waals surface area contributed by atoms with Gasteiger partial charge in [-0.15, -0.1) is 0 Å². The van der Waals surface area contributed by atoms with Crippen molar-refractivity contribution in [1.82, 2.24) is 19.6 Å². The first-order valence-corrected chi connectivity index (χ1v) is 11.3. The molecule has 0 N–H and O–H groups in total. The number of methoxy groups -OCH3 is 1. The number of benzene rings is 1. The molecule has 0 aliphatic heterocycles. The van der Waals surface area contributed by atoms with Gasteiger partial charge in [-0.3, -0.25) is 4.79 Å². The zero-order valence-corrected chi connectivity index (χ0v) is 19.7. The van der Waals surface area contributed by atoms with Gasteiger partial charge in [0.2, 0.25) is 0 Å². The number of Topliss-reactive ketones (excluding diaryl/α,β-unsaturated/α-hetero) is 1. The Balaban J connectivity index is 1.70. The second kappa shape index (κ2) is 8.80. The van der Waals surface area contributed by atoms with Crippen LogP contribution in [0.25, 0.3) is 5.78 Å². The van der Waals surface area contributed by atoms with E-state index in [-0.39, 0.29) is 40.4 Å². The van der Waals surface area contributed by atoms with Gasteiger partial charge in [0, 0.05) is 11.8 Å². The van der Waals surface area contributed by atoms with Gasteiger partial charge in [0.05, 0.1) is 18.4 Å². The van der Waals surface area contributed by atoms with Crippen LogP contribution in [0.4, 0.5) is 8.78 Å². The summed E-state index contributed by atoms with van der Waals surface area (Å²) in [5.74, 6) is 0.602. The van der Waals surface area contributed by atoms with E-state index in [1.807, 2.05) is 18.2 Å². The Bertz CT molecular complexity index is 1170. The van der Waals surface area contributed by atoms with Crippen LogP contribution in [0, 0.1) is 11.8 Å². The summed E-state index contributed by atoms with van der Waals surface area (Å²) in [5, 5.41) is 4.22. The Morgan fingerprint density at radius 2 is 1.97 bits per heavy atom. The first-order chi connectivity index (χ1) is 15.6. The van der Waals surface area contributed by atoms with E-state index in [1.54, 1.807) is 7.11 Å². The minimum atomic E-state index is -2.70. The number of nitrogens with zero attached hydrogens (tertiary/aromatic N) is 4. The van der Waals surface area contributed by atoms with E-state index in [4.69, 9.17) is 4.74 Å². The highest BCUT2D eigenvalue weighted by atomic mass is 19.3. The highest BCUT2D eigenvalue weighted by Gasteiger charge is 2.36. The number of fused-ring (bicyclic) bond motifs is 1. The summed E-state index contributed by atoms with van der Waals surface area (Å²) in [6, 6.07) is 7.20. The van der Waals surface area contributed by atoms with Crippen molar-refractivity contribution in [3.63, 3.8) is 0 Å². The highest BCUT2D eigenvalue weighted by molar-refractivity contribution is 6.00. The fraction of sp³-hybridized carbons (Fsp3) is 0.520. The molecule has 33 heavy (non-hydrogen) atoms. The molecule has 4 rings (SSSR count). The van der Waals surface area contributed by atoms with Crippen LogP contribution in [0.15, 0.2) is 30.6 Å². The van der Waals surface area contributed by atoms with Gasteiger partial charge in [-0.25, -0.2) is 18.3 Å². The first kappa shape index (κ1) is 23.3. The lowest BCUT2D eigenvalue weighted by Gasteiger charge is -2.34. The molecule has 0 radical (unpaired) electrons. The molecule has 6 nitrogen and oxygen atoms in total. The van der Waals surface area contributed by atoms with E-state index in [9.17, 15) is 13.6 Å². The highest BCUT2D eigenvalue weighted by Crippen LogP contribution is 2.43. The smallest absolute Gasteiger partial charge is 0.280 e. The molecule has 3 atom stereocenters. The average Bonchev–Trinajstić information content (AvgIpc) is 3.26. The van der Waals surface area contributed by atoms with Crippen molar-refractivity contribution < 1.29 is 18.3 Å². The quantitative estimate of drug-likeness (QED) is 0.456. The molecule has 1 aliphatic carbocycles. The normalized spacial score (nSPS) is 21.5. The van der Waals surface area contributed by atoms with Crippen LogP contribution >= 0.6 is 0 Å². The number of rotatable bonds is 5. The Morgan fingerprint density at radius 1 is 1.21 bits per heavy atom. The predicted octanol–water partition coefficient (Wildman–Crippen LogP) is 5.77. The second-order valence-corrected chi connectivity index (χ2v) is 10.0. The fourth-order valence-electron chi connectivity index (χ4n) is 4.79. The van der Waals surface area contributed by atoms with Crippen LogP contribution in [0.1, 0.15) is 86.6 Å². The van der Waals surface area contributed by atoms with Crippen LogP contribution in [-0.2, 0) is 5.41 Å². The third kappa shape index (κ3) is 4.48. The summed E-state index contributed by atoms with van der Waals surface area (Å²) in [4.78, 5) is 21.6. The lowest BCUT2D eigenvalue weighted by Crippen LogP contribution is -2.29. The molecule has 1 aliphatic rings. The number of hydrogen-bond donors (Lipinski definition) is 0. The maximum atomic E-state index is 13.7.